The number of nitrogens with one attached hydrogen (secondary N) is 2. The van der Waals surface area contributed by atoms with E-state index in [0.717, 1.165) is 0 Å². The standard InChI is InChI=1S/C16H14ClN5O2S/c17-12-2-1-3-13(15(12)22-10-18-9-20-22)21-14(23)4-6-19-16(24)11-5-7-25-8-11/h1-3,5,7-10H,4,6H2,(H,19,24)(H,21,23). The van der Waals surface area contributed by atoms with Crippen LogP contribution in [0, 0.1) is 0 Å². The molecular formula is C16H14ClN5O2S. The average molecular weight is 376 g/mol. The zero-order valence-electron chi connectivity index (χ0n) is 13.0. The van der Waals surface area contributed by atoms with E-state index >= 15 is 0 Å². The van der Waals surface area contributed by atoms with Gasteiger partial charge in [-0.25, -0.2) is 9.67 Å². The molecule has 2 heterocycles. The maximum atomic E-state index is 12.2. The van der Waals surface area contributed by atoms with Gasteiger partial charge in [-0.1, -0.05) is 17.7 Å². The number of carbonyl (C=O) groups excluding carboxylic acids is 2. The van der Waals surface area contributed by atoms with Crippen LogP contribution >= 0.6 is 22.9 Å². The third-order valence-corrected chi connectivity index (χ3v) is 4.32. The van der Waals surface area contributed by atoms with Crippen molar-refractivity contribution in [3.63, 3.8) is 0 Å². The summed E-state index contributed by atoms with van der Waals surface area (Å²) in [7, 11) is 0. The third kappa shape index (κ3) is 4.23. The van der Waals surface area contributed by atoms with Gasteiger partial charge < -0.3 is 10.6 Å². The Balaban J connectivity index is 1.60. The van der Waals surface area contributed by atoms with Crippen LogP contribution in [0.5, 0.6) is 0 Å². The van der Waals surface area contributed by atoms with Gasteiger partial charge in [0.25, 0.3) is 5.91 Å². The van der Waals surface area contributed by atoms with Gasteiger partial charge in [-0.05, 0) is 23.6 Å². The minimum atomic E-state index is -0.241. The molecule has 0 atom stereocenters. The van der Waals surface area contributed by atoms with Crippen molar-refractivity contribution in [2.75, 3.05) is 11.9 Å². The number of amides is 2. The van der Waals surface area contributed by atoms with Crippen LogP contribution in [0.1, 0.15) is 16.8 Å². The molecule has 3 rings (SSSR count). The molecule has 0 bridgehead atoms. The summed E-state index contributed by atoms with van der Waals surface area (Å²) in [6.07, 6.45) is 3.02. The van der Waals surface area contributed by atoms with Gasteiger partial charge in [-0.15, -0.1) is 0 Å². The lowest BCUT2D eigenvalue weighted by atomic mass is 10.2. The molecular weight excluding hydrogens is 362 g/mol. The fourth-order valence-corrected chi connectivity index (χ4v) is 3.07. The number of rotatable bonds is 6. The number of benzene rings is 1. The van der Waals surface area contributed by atoms with Gasteiger partial charge in [0, 0.05) is 23.9 Å². The molecule has 2 amide bonds. The highest BCUT2D eigenvalue weighted by molar-refractivity contribution is 7.08. The molecule has 0 aliphatic carbocycles. The third-order valence-electron chi connectivity index (χ3n) is 3.33. The highest BCUT2D eigenvalue weighted by atomic mass is 35.5. The van der Waals surface area contributed by atoms with Crippen LogP contribution in [0.15, 0.2) is 47.7 Å². The average Bonchev–Trinajstić information content (AvgIpc) is 3.29. The van der Waals surface area contributed by atoms with Gasteiger partial charge in [0.05, 0.1) is 10.7 Å². The van der Waals surface area contributed by atoms with Crippen molar-refractivity contribution in [1.82, 2.24) is 20.1 Å². The molecule has 3 aromatic rings. The lowest BCUT2D eigenvalue weighted by Crippen LogP contribution is -2.27. The molecule has 25 heavy (non-hydrogen) atoms. The van der Waals surface area contributed by atoms with Gasteiger partial charge in [0.1, 0.15) is 18.3 Å². The van der Waals surface area contributed by atoms with Gasteiger partial charge in [0.15, 0.2) is 0 Å². The summed E-state index contributed by atoms with van der Waals surface area (Å²) >= 11 is 7.66. The van der Waals surface area contributed by atoms with Crippen molar-refractivity contribution >= 4 is 40.4 Å². The molecule has 0 saturated heterocycles. The molecule has 0 aliphatic rings. The van der Waals surface area contributed by atoms with Crippen LogP contribution in [-0.4, -0.2) is 33.1 Å². The number of thiophene rings is 1. The van der Waals surface area contributed by atoms with Crippen LogP contribution in [0.2, 0.25) is 5.02 Å². The highest BCUT2D eigenvalue weighted by Gasteiger charge is 2.13. The maximum Gasteiger partial charge on any atom is 0.252 e. The predicted octanol–water partition coefficient (Wildman–Crippen LogP) is 2.74. The molecule has 0 unspecified atom stereocenters. The largest absolute Gasteiger partial charge is 0.351 e. The first-order valence-corrected chi connectivity index (χ1v) is 8.71. The molecule has 0 spiro atoms. The van der Waals surface area contributed by atoms with Gasteiger partial charge in [-0.3, -0.25) is 9.59 Å². The van der Waals surface area contributed by atoms with Crippen molar-refractivity contribution in [2.45, 2.75) is 6.42 Å². The number of hydrogen-bond donors (Lipinski definition) is 2. The molecule has 0 aliphatic heterocycles. The lowest BCUT2D eigenvalue weighted by molar-refractivity contribution is -0.116. The molecule has 0 radical (unpaired) electrons. The second kappa shape index (κ2) is 7.91. The molecule has 0 saturated carbocycles. The summed E-state index contributed by atoms with van der Waals surface area (Å²) in [5.74, 6) is -0.436. The molecule has 0 fully saturated rings. The van der Waals surface area contributed by atoms with Crippen molar-refractivity contribution in [3.05, 3.63) is 58.3 Å². The van der Waals surface area contributed by atoms with E-state index < -0.39 is 0 Å². The summed E-state index contributed by atoms with van der Waals surface area (Å²) in [5.41, 5.74) is 1.65. The predicted molar refractivity (Wildman–Crippen MR) is 96.3 cm³/mol. The Labute approximate surface area is 152 Å². The Morgan fingerprint density at radius 3 is 2.88 bits per heavy atom. The molecule has 9 heteroatoms. The summed E-state index contributed by atoms with van der Waals surface area (Å²) in [4.78, 5) is 27.9. The number of para-hydroxylation sites is 1. The smallest absolute Gasteiger partial charge is 0.252 e. The van der Waals surface area contributed by atoms with E-state index in [2.05, 4.69) is 20.7 Å². The van der Waals surface area contributed by atoms with Gasteiger partial charge in [-0.2, -0.15) is 16.4 Å². The number of hydrogen-bond acceptors (Lipinski definition) is 5. The molecule has 2 N–H and O–H groups in total. The Morgan fingerprint density at radius 2 is 2.16 bits per heavy atom. The second-order valence-electron chi connectivity index (χ2n) is 5.04. The van der Waals surface area contributed by atoms with Crippen molar-refractivity contribution in [1.29, 1.82) is 0 Å². The van der Waals surface area contributed by atoms with E-state index in [0.29, 0.717) is 22.0 Å². The maximum absolute atomic E-state index is 12.2. The fraction of sp³-hybridized carbons (Fsp3) is 0.125. The Bertz CT molecular complexity index is 865. The van der Waals surface area contributed by atoms with Crippen LogP contribution in [0.3, 0.4) is 0 Å². The van der Waals surface area contributed by atoms with Crippen LogP contribution in [0.25, 0.3) is 5.69 Å². The Hall–Kier alpha value is -2.71. The van der Waals surface area contributed by atoms with Crippen molar-refractivity contribution in [2.24, 2.45) is 0 Å². The lowest BCUT2D eigenvalue weighted by Gasteiger charge is -2.12. The van der Waals surface area contributed by atoms with Crippen molar-refractivity contribution < 1.29 is 9.59 Å². The van der Waals surface area contributed by atoms with E-state index in [9.17, 15) is 9.59 Å². The molecule has 1 aromatic carbocycles. The Kier molecular flexibility index (Phi) is 5.42. The number of carbonyl (C=O) groups is 2. The molecule has 128 valence electrons. The summed E-state index contributed by atoms with van der Waals surface area (Å²) in [5, 5.41) is 13.6. The first-order valence-electron chi connectivity index (χ1n) is 7.39. The monoisotopic (exact) mass is 375 g/mol. The Morgan fingerprint density at radius 1 is 1.28 bits per heavy atom. The van der Waals surface area contributed by atoms with Gasteiger partial charge in [0.2, 0.25) is 5.91 Å². The van der Waals surface area contributed by atoms with E-state index in [-0.39, 0.29) is 24.8 Å². The minimum absolute atomic E-state index is 0.138. The van der Waals surface area contributed by atoms with E-state index in [4.69, 9.17) is 11.6 Å². The quantitative estimate of drug-likeness (QED) is 0.693. The number of anilines is 1. The number of aromatic nitrogens is 3. The number of halogens is 1. The number of nitrogens with zero attached hydrogens (tertiary/aromatic N) is 3. The molecule has 2 aromatic heterocycles. The van der Waals surface area contributed by atoms with Crippen LogP contribution < -0.4 is 10.6 Å². The second-order valence-corrected chi connectivity index (χ2v) is 6.23. The van der Waals surface area contributed by atoms with Gasteiger partial charge >= 0.3 is 0 Å². The minimum Gasteiger partial charge on any atom is -0.351 e. The summed E-state index contributed by atoms with van der Waals surface area (Å²) in [6.45, 7) is 0.236. The van der Waals surface area contributed by atoms with Crippen LogP contribution in [-0.2, 0) is 4.79 Å². The fourth-order valence-electron chi connectivity index (χ4n) is 2.17. The summed E-state index contributed by atoms with van der Waals surface area (Å²) in [6, 6.07) is 6.90. The SMILES string of the molecule is O=C(CCNC(=O)c1ccsc1)Nc1cccc(Cl)c1-n1cncn1. The molecule has 7 nitrogen and oxygen atoms in total. The normalized spacial score (nSPS) is 10.4. The first-order chi connectivity index (χ1) is 12.1. The zero-order chi connectivity index (χ0) is 17.6. The van der Waals surface area contributed by atoms with E-state index in [1.54, 1.807) is 29.6 Å². The van der Waals surface area contributed by atoms with Crippen molar-refractivity contribution in [3.8, 4) is 5.69 Å². The van der Waals surface area contributed by atoms with Crippen LogP contribution in [0.4, 0.5) is 5.69 Å². The van der Waals surface area contributed by atoms with E-state index in [1.807, 2.05) is 5.38 Å². The topological polar surface area (TPSA) is 88.9 Å². The van der Waals surface area contributed by atoms with E-state index in [1.165, 1.54) is 28.7 Å². The summed E-state index contributed by atoms with van der Waals surface area (Å²) < 4.78 is 1.48. The zero-order valence-corrected chi connectivity index (χ0v) is 14.5. The first kappa shape index (κ1) is 17.1. The highest BCUT2D eigenvalue weighted by Crippen LogP contribution is 2.27.